The molecule has 0 aromatic heterocycles. The second kappa shape index (κ2) is 9.33. The molecule has 0 aromatic rings. The number of aliphatic hydroxyl groups excluding tert-OH is 1. The third kappa shape index (κ3) is 4.50. The average molecular weight is 420 g/mol. The number of nitrogens with one attached hydrogen (secondary N) is 1. The highest BCUT2D eigenvalue weighted by molar-refractivity contribution is 8.22. The highest BCUT2D eigenvalue weighted by atomic mass is 32.2. The van der Waals surface area contributed by atoms with Gasteiger partial charge in [-0.15, -0.1) is 11.8 Å². The molecule has 12 heteroatoms. The molecule has 0 radical (unpaired) electrons. The van der Waals surface area contributed by atoms with Crippen molar-refractivity contribution in [1.82, 2.24) is 10.2 Å². The summed E-state index contributed by atoms with van der Waals surface area (Å²) < 4.78 is 9.75. The molecule has 0 bridgehead atoms. The molecule has 0 saturated carbocycles. The standard InChI is InChI=1S/C15H20N2O8S2/c1-3-25-15(23)16-8(13(22)24-2)6-26-14-9(12(20)21)17-10(19)7(4-5-18)11(17)27-14/h7-8,11,18H,3-6H2,1-2H3,(H,16,23)(H,20,21)/t7-,8+,11+/m0/s1. The quantitative estimate of drug-likeness (QED) is 0.349. The van der Waals surface area contributed by atoms with Crippen LogP contribution >= 0.6 is 23.5 Å². The molecular formula is C15H20N2O8S2. The normalized spacial score (nSPS) is 22.0. The number of carbonyl (C=O) groups is 4. The van der Waals surface area contributed by atoms with Gasteiger partial charge in [-0.2, -0.15) is 0 Å². The van der Waals surface area contributed by atoms with Gasteiger partial charge in [0, 0.05) is 12.4 Å². The Labute approximate surface area is 163 Å². The number of nitrogens with zero attached hydrogens (tertiary/aromatic N) is 1. The van der Waals surface area contributed by atoms with E-state index in [0.29, 0.717) is 4.24 Å². The predicted octanol–water partition coefficient (Wildman–Crippen LogP) is 0.175. The van der Waals surface area contributed by atoms with Crippen LogP contribution in [0.5, 0.6) is 0 Å². The Balaban J connectivity index is 2.09. The summed E-state index contributed by atoms with van der Waals surface area (Å²) in [5.74, 6) is -2.74. The zero-order valence-electron chi connectivity index (χ0n) is 14.7. The maximum Gasteiger partial charge on any atom is 0.407 e. The van der Waals surface area contributed by atoms with Crippen LogP contribution < -0.4 is 5.32 Å². The summed E-state index contributed by atoms with van der Waals surface area (Å²) in [5, 5.41) is 20.5. The number of carboxylic acid groups (broad SMARTS) is 1. The zero-order valence-corrected chi connectivity index (χ0v) is 16.3. The van der Waals surface area contributed by atoms with Gasteiger partial charge < -0.3 is 25.0 Å². The number of hydrogen-bond acceptors (Lipinski definition) is 9. The number of hydrogen-bond donors (Lipinski definition) is 3. The van der Waals surface area contributed by atoms with E-state index < -0.39 is 30.0 Å². The molecule has 10 nitrogen and oxygen atoms in total. The molecule has 2 rings (SSSR count). The third-order valence-corrected chi connectivity index (χ3v) is 6.68. The van der Waals surface area contributed by atoms with Gasteiger partial charge in [0.25, 0.3) is 0 Å². The van der Waals surface area contributed by atoms with Crippen molar-refractivity contribution in [3.63, 3.8) is 0 Å². The number of ether oxygens (including phenoxy) is 2. The number of alkyl carbamates (subject to hydrolysis) is 1. The lowest BCUT2D eigenvalue weighted by molar-refractivity contribution is -0.152. The minimum atomic E-state index is -1.25. The molecule has 2 aliphatic heterocycles. The number of amides is 2. The van der Waals surface area contributed by atoms with Crippen molar-refractivity contribution < 1.29 is 38.9 Å². The topological polar surface area (TPSA) is 142 Å². The number of rotatable bonds is 9. The summed E-state index contributed by atoms with van der Waals surface area (Å²) in [6, 6.07) is -1.04. The van der Waals surface area contributed by atoms with Gasteiger partial charge in [-0.25, -0.2) is 14.4 Å². The fourth-order valence-corrected chi connectivity index (χ4v) is 5.52. The molecule has 0 unspecified atom stereocenters. The van der Waals surface area contributed by atoms with E-state index in [2.05, 4.69) is 10.1 Å². The fraction of sp³-hybridized carbons (Fsp3) is 0.600. The Bertz CT molecular complexity index is 668. The Kier molecular flexibility index (Phi) is 7.39. The maximum absolute atomic E-state index is 12.2. The number of carboxylic acids is 1. The average Bonchev–Trinajstić information content (AvgIpc) is 2.98. The Morgan fingerprint density at radius 1 is 1.41 bits per heavy atom. The van der Waals surface area contributed by atoms with Gasteiger partial charge in [-0.3, -0.25) is 9.69 Å². The van der Waals surface area contributed by atoms with E-state index >= 15 is 0 Å². The van der Waals surface area contributed by atoms with Crippen molar-refractivity contribution in [2.75, 3.05) is 26.1 Å². The fourth-order valence-electron chi connectivity index (χ4n) is 2.64. The second-order valence-electron chi connectivity index (χ2n) is 5.53. The first-order valence-electron chi connectivity index (χ1n) is 8.07. The highest BCUT2D eigenvalue weighted by Gasteiger charge is 2.55. The van der Waals surface area contributed by atoms with E-state index in [1.54, 1.807) is 6.92 Å². The number of fused-ring (bicyclic) bond motifs is 1. The van der Waals surface area contributed by atoms with E-state index in [0.717, 1.165) is 11.8 Å². The van der Waals surface area contributed by atoms with Crippen LogP contribution in [0.2, 0.25) is 0 Å². The lowest BCUT2D eigenvalue weighted by Gasteiger charge is -2.41. The molecule has 0 spiro atoms. The third-order valence-electron chi connectivity index (χ3n) is 3.89. The van der Waals surface area contributed by atoms with Crippen molar-refractivity contribution >= 4 is 47.5 Å². The minimum Gasteiger partial charge on any atom is -0.477 e. The molecule has 2 aliphatic rings. The van der Waals surface area contributed by atoms with Gasteiger partial charge in [0.15, 0.2) is 5.70 Å². The minimum absolute atomic E-state index is 0.00399. The first-order valence-corrected chi connectivity index (χ1v) is 9.94. The van der Waals surface area contributed by atoms with Crippen molar-refractivity contribution in [2.24, 2.45) is 5.92 Å². The van der Waals surface area contributed by atoms with Gasteiger partial charge in [0.05, 0.1) is 29.2 Å². The summed E-state index contributed by atoms with van der Waals surface area (Å²) in [6.45, 7) is 1.58. The van der Waals surface area contributed by atoms with E-state index in [1.807, 2.05) is 0 Å². The number of β-lactam (4-membered cyclic amide) rings is 1. The first kappa shape index (κ1) is 21.4. The number of carbonyl (C=O) groups excluding carboxylic acids is 3. The van der Waals surface area contributed by atoms with Crippen LogP contribution in [0.15, 0.2) is 9.93 Å². The van der Waals surface area contributed by atoms with Crippen LogP contribution in [-0.4, -0.2) is 76.5 Å². The smallest absolute Gasteiger partial charge is 0.407 e. The van der Waals surface area contributed by atoms with Crippen molar-refractivity contribution in [1.29, 1.82) is 0 Å². The monoisotopic (exact) mass is 420 g/mol. The van der Waals surface area contributed by atoms with Gasteiger partial charge in [-0.1, -0.05) is 11.8 Å². The van der Waals surface area contributed by atoms with E-state index in [4.69, 9.17) is 9.84 Å². The molecule has 3 atom stereocenters. The van der Waals surface area contributed by atoms with Crippen LogP contribution in [0.25, 0.3) is 0 Å². The van der Waals surface area contributed by atoms with Crippen molar-refractivity contribution in [3.05, 3.63) is 9.93 Å². The Morgan fingerprint density at radius 2 is 2.11 bits per heavy atom. The zero-order chi connectivity index (χ0) is 20.1. The number of aliphatic carboxylic acids is 1. The predicted molar refractivity (Wildman–Crippen MR) is 96.5 cm³/mol. The van der Waals surface area contributed by atoms with Crippen molar-refractivity contribution in [2.45, 2.75) is 24.8 Å². The number of aliphatic hydroxyl groups is 1. The molecule has 2 heterocycles. The van der Waals surface area contributed by atoms with Gasteiger partial charge in [-0.05, 0) is 13.3 Å². The van der Waals surface area contributed by atoms with Crippen LogP contribution in [0.4, 0.5) is 4.79 Å². The summed E-state index contributed by atoms with van der Waals surface area (Å²) in [5.41, 5.74) is -0.144. The molecule has 0 aromatic carbocycles. The molecule has 1 fully saturated rings. The first-order chi connectivity index (χ1) is 12.8. The van der Waals surface area contributed by atoms with E-state index in [1.165, 1.54) is 23.8 Å². The second-order valence-corrected chi connectivity index (χ2v) is 7.94. The lowest BCUT2D eigenvalue weighted by Crippen LogP contribution is -2.57. The van der Waals surface area contributed by atoms with E-state index in [-0.39, 0.29) is 42.4 Å². The largest absolute Gasteiger partial charge is 0.477 e. The molecule has 1 saturated heterocycles. The van der Waals surface area contributed by atoms with Gasteiger partial charge >= 0.3 is 18.0 Å². The lowest BCUT2D eigenvalue weighted by atomic mass is 9.94. The SMILES string of the molecule is CCOC(=O)N[C@H](CSC1=C(C(=O)O)N2C(=O)[C@H](CCO)[C@H]2S1)C(=O)OC. The van der Waals surface area contributed by atoms with Crippen LogP contribution in [0, 0.1) is 5.92 Å². The van der Waals surface area contributed by atoms with Gasteiger partial charge in [0.2, 0.25) is 5.91 Å². The number of thioether (sulfide) groups is 2. The highest BCUT2D eigenvalue weighted by Crippen LogP contribution is 2.53. The van der Waals surface area contributed by atoms with E-state index in [9.17, 15) is 24.3 Å². The van der Waals surface area contributed by atoms with Gasteiger partial charge in [0.1, 0.15) is 6.04 Å². The van der Waals surface area contributed by atoms with Crippen LogP contribution in [0.3, 0.4) is 0 Å². The summed E-state index contributed by atoms with van der Waals surface area (Å²) in [6.07, 6.45) is -0.533. The summed E-state index contributed by atoms with van der Waals surface area (Å²) in [4.78, 5) is 48.4. The number of methoxy groups -OCH3 is 1. The Hall–Kier alpha value is -1.92. The molecule has 150 valence electrons. The summed E-state index contributed by atoms with van der Waals surface area (Å²) in [7, 11) is 1.17. The van der Waals surface area contributed by atoms with Crippen LogP contribution in [0.1, 0.15) is 13.3 Å². The summed E-state index contributed by atoms with van der Waals surface area (Å²) >= 11 is 2.24. The number of esters is 1. The van der Waals surface area contributed by atoms with Crippen molar-refractivity contribution in [3.8, 4) is 0 Å². The Morgan fingerprint density at radius 3 is 2.67 bits per heavy atom. The molecule has 2 amide bonds. The molecule has 27 heavy (non-hydrogen) atoms. The van der Waals surface area contributed by atoms with Crippen LogP contribution in [-0.2, 0) is 23.9 Å². The molecule has 3 N–H and O–H groups in total. The maximum atomic E-state index is 12.2. The molecular weight excluding hydrogens is 400 g/mol. The molecule has 0 aliphatic carbocycles.